The second kappa shape index (κ2) is 9.15. The number of carbonyl (C=O) groups excluding carboxylic acids is 1. The van der Waals surface area contributed by atoms with Crippen LogP contribution in [0.3, 0.4) is 0 Å². The SMILES string of the molecule is O=C(NN=Cc1cccc(I)c1)c1ccccc1OCc1ccccc1. The highest BCUT2D eigenvalue weighted by Gasteiger charge is 2.11. The number of hydrazone groups is 1. The normalized spacial score (nSPS) is 10.7. The zero-order chi connectivity index (χ0) is 18.2. The molecule has 1 N–H and O–H groups in total. The Hall–Kier alpha value is -2.67. The molecule has 130 valence electrons. The third-order valence-electron chi connectivity index (χ3n) is 3.60. The van der Waals surface area contributed by atoms with E-state index in [1.165, 1.54) is 0 Å². The maximum absolute atomic E-state index is 12.4. The molecular formula is C21H17IN2O2. The number of nitrogens with one attached hydrogen (secondary N) is 1. The molecule has 26 heavy (non-hydrogen) atoms. The Kier molecular flexibility index (Phi) is 6.38. The average Bonchev–Trinajstić information content (AvgIpc) is 2.67. The van der Waals surface area contributed by atoms with E-state index in [0.717, 1.165) is 14.7 Å². The molecule has 0 aliphatic rings. The maximum atomic E-state index is 12.4. The van der Waals surface area contributed by atoms with Crippen molar-refractivity contribution in [3.8, 4) is 5.75 Å². The Morgan fingerprint density at radius 2 is 1.77 bits per heavy atom. The number of halogens is 1. The van der Waals surface area contributed by atoms with Crippen molar-refractivity contribution in [1.29, 1.82) is 0 Å². The van der Waals surface area contributed by atoms with Gasteiger partial charge >= 0.3 is 0 Å². The van der Waals surface area contributed by atoms with E-state index in [2.05, 4.69) is 33.1 Å². The highest BCUT2D eigenvalue weighted by atomic mass is 127. The molecule has 0 bridgehead atoms. The molecule has 4 nitrogen and oxygen atoms in total. The molecule has 0 aromatic heterocycles. The smallest absolute Gasteiger partial charge is 0.275 e. The molecule has 3 rings (SSSR count). The Morgan fingerprint density at radius 3 is 2.58 bits per heavy atom. The second-order valence-electron chi connectivity index (χ2n) is 5.52. The molecule has 1 amide bonds. The average molecular weight is 456 g/mol. The van der Waals surface area contributed by atoms with Crippen LogP contribution in [0.2, 0.25) is 0 Å². The summed E-state index contributed by atoms with van der Waals surface area (Å²) in [6, 6.07) is 24.8. The van der Waals surface area contributed by atoms with Crippen molar-refractivity contribution >= 4 is 34.7 Å². The first-order valence-electron chi connectivity index (χ1n) is 8.07. The van der Waals surface area contributed by atoms with Crippen LogP contribution >= 0.6 is 22.6 Å². The summed E-state index contributed by atoms with van der Waals surface area (Å²) in [4.78, 5) is 12.4. The summed E-state index contributed by atoms with van der Waals surface area (Å²) in [6.07, 6.45) is 1.62. The fraction of sp³-hybridized carbons (Fsp3) is 0.0476. The van der Waals surface area contributed by atoms with E-state index in [0.29, 0.717) is 17.9 Å². The minimum atomic E-state index is -0.310. The van der Waals surface area contributed by atoms with Crippen LogP contribution < -0.4 is 10.2 Å². The van der Waals surface area contributed by atoms with Crippen LogP contribution in [-0.2, 0) is 6.61 Å². The number of nitrogens with zero attached hydrogens (tertiary/aromatic N) is 1. The fourth-order valence-corrected chi connectivity index (χ4v) is 2.90. The van der Waals surface area contributed by atoms with Crippen LogP contribution in [0, 0.1) is 3.57 Å². The predicted molar refractivity (Wildman–Crippen MR) is 111 cm³/mol. The zero-order valence-electron chi connectivity index (χ0n) is 13.9. The van der Waals surface area contributed by atoms with Gasteiger partial charge in [0.1, 0.15) is 12.4 Å². The van der Waals surface area contributed by atoms with Crippen LogP contribution in [0.1, 0.15) is 21.5 Å². The molecule has 0 fully saturated rings. The third kappa shape index (κ3) is 5.16. The summed E-state index contributed by atoms with van der Waals surface area (Å²) in [5, 5.41) is 4.03. The summed E-state index contributed by atoms with van der Waals surface area (Å²) in [5.41, 5.74) is 4.96. The van der Waals surface area contributed by atoms with E-state index in [-0.39, 0.29) is 5.91 Å². The predicted octanol–water partition coefficient (Wildman–Crippen LogP) is 4.63. The minimum absolute atomic E-state index is 0.310. The molecule has 0 atom stereocenters. The standard InChI is InChI=1S/C21H17IN2O2/c22-18-10-6-9-17(13-18)14-23-24-21(25)19-11-4-5-12-20(19)26-15-16-7-2-1-3-8-16/h1-14H,15H2,(H,24,25). The minimum Gasteiger partial charge on any atom is -0.488 e. The summed E-state index contributed by atoms with van der Waals surface area (Å²) in [5.74, 6) is 0.217. The molecular weight excluding hydrogens is 439 g/mol. The summed E-state index contributed by atoms with van der Waals surface area (Å²) in [7, 11) is 0. The largest absolute Gasteiger partial charge is 0.488 e. The highest BCUT2D eigenvalue weighted by molar-refractivity contribution is 14.1. The highest BCUT2D eigenvalue weighted by Crippen LogP contribution is 2.19. The van der Waals surface area contributed by atoms with Gasteiger partial charge in [0.2, 0.25) is 0 Å². The Bertz CT molecular complexity index is 911. The number of hydrogen-bond donors (Lipinski definition) is 1. The van der Waals surface area contributed by atoms with Gasteiger partial charge in [0.15, 0.2) is 0 Å². The third-order valence-corrected chi connectivity index (χ3v) is 4.27. The number of hydrogen-bond acceptors (Lipinski definition) is 3. The van der Waals surface area contributed by atoms with Gasteiger partial charge in [-0.15, -0.1) is 0 Å². The quantitative estimate of drug-likeness (QED) is 0.334. The number of benzene rings is 3. The van der Waals surface area contributed by atoms with Crippen molar-refractivity contribution in [2.24, 2.45) is 5.10 Å². The lowest BCUT2D eigenvalue weighted by atomic mass is 10.2. The number of carbonyl (C=O) groups is 1. The van der Waals surface area contributed by atoms with Crippen molar-refractivity contribution in [2.75, 3.05) is 0 Å². The van der Waals surface area contributed by atoms with Gasteiger partial charge in [0.25, 0.3) is 5.91 Å². The Morgan fingerprint density at radius 1 is 1.00 bits per heavy atom. The van der Waals surface area contributed by atoms with Crippen molar-refractivity contribution in [3.05, 3.63) is 99.1 Å². The first-order chi connectivity index (χ1) is 12.7. The van der Waals surface area contributed by atoms with Crippen LogP contribution in [0.15, 0.2) is 84.0 Å². The Labute approximate surface area is 166 Å². The number of para-hydroxylation sites is 1. The van der Waals surface area contributed by atoms with Gasteiger partial charge in [-0.2, -0.15) is 5.10 Å². The van der Waals surface area contributed by atoms with Crippen molar-refractivity contribution < 1.29 is 9.53 Å². The fourth-order valence-electron chi connectivity index (χ4n) is 2.33. The lowest BCUT2D eigenvalue weighted by molar-refractivity contribution is 0.0950. The first kappa shape index (κ1) is 18.1. The Balaban J connectivity index is 1.65. The first-order valence-corrected chi connectivity index (χ1v) is 9.15. The molecule has 0 saturated carbocycles. The monoisotopic (exact) mass is 456 g/mol. The van der Waals surface area contributed by atoms with Gasteiger partial charge < -0.3 is 4.74 Å². The number of rotatable bonds is 6. The van der Waals surface area contributed by atoms with Crippen molar-refractivity contribution in [3.63, 3.8) is 0 Å². The lowest BCUT2D eigenvalue weighted by Gasteiger charge is -2.10. The topological polar surface area (TPSA) is 50.7 Å². The van der Waals surface area contributed by atoms with Gasteiger partial charge in [0, 0.05) is 3.57 Å². The van der Waals surface area contributed by atoms with Gasteiger partial charge in [-0.1, -0.05) is 54.6 Å². The molecule has 0 aliphatic heterocycles. The molecule has 0 spiro atoms. The van der Waals surface area contributed by atoms with Crippen LogP contribution in [0.5, 0.6) is 5.75 Å². The molecule has 0 aliphatic carbocycles. The summed E-state index contributed by atoms with van der Waals surface area (Å²) < 4.78 is 6.92. The lowest BCUT2D eigenvalue weighted by Crippen LogP contribution is -2.18. The van der Waals surface area contributed by atoms with Gasteiger partial charge in [-0.3, -0.25) is 4.79 Å². The van der Waals surface area contributed by atoms with E-state index < -0.39 is 0 Å². The van der Waals surface area contributed by atoms with Crippen LogP contribution in [-0.4, -0.2) is 12.1 Å². The van der Waals surface area contributed by atoms with Gasteiger partial charge in [0.05, 0.1) is 11.8 Å². The van der Waals surface area contributed by atoms with E-state index in [1.807, 2.05) is 60.7 Å². The zero-order valence-corrected chi connectivity index (χ0v) is 16.1. The van der Waals surface area contributed by atoms with Crippen LogP contribution in [0.25, 0.3) is 0 Å². The number of amides is 1. The van der Waals surface area contributed by atoms with E-state index in [1.54, 1.807) is 24.4 Å². The molecule has 0 heterocycles. The van der Waals surface area contributed by atoms with Gasteiger partial charge in [-0.25, -0.2) is 5.43 Å². The summed E-state index contributed by atoms with van der Waals surface area (Å²) in [6.45, 7) is 0.400. The number of ether oxygens (including phenoxy) is 1. The van der Waals surface area contributed by atoms with Crippen molar-refractivity contribution in [2.45, 2.75) is 6.61 Å². The van der Waals surface area contributed by atoms with Crippen molar-refractivity contribution in [1.82, 2.24) is 5.43 Å². The van der Waals surface area contributed by atoms with Gasteiger partial charge in [-0.05, 0) is 58.0 Å². The molecule has 3 aromatic rings. The van der Waals surface area contributed by atoms with E-state index in [9.17, 15) is 4.79 Å². The molecule has 0 saturated heterocycles. The maximum Gasteiger partial charge on any atom is 0.275 e. The van der Waals surface area contributed by atoms with Crippen LogP contribution in [0.4, 0.5) is 0 Å². The second-order valence-corrected chi connectivity index (χ2v) is 6.77. The van der Waals surface area contributed by atoms with E-state index in [4.69, 9.17) is 4.74 Å². The summed E-state index contributed by atoms with van der Waals surface area (Å²) >= 11 is 2.23. The van der Waals surface area contributed by atoms with E-state index >= 15 is 0 Å². The molecule has 3 aromatic carbocycles. The molecule has 0 radical (unpaired) electrons. The molecule has 5 heteroatoms. The molecule has 0 unspecified atom stereocenters.